The molecular formula is C82H74BN3S. The highest BCUT2D eigenvalue weighted by molar-refractivity contribution is 7.33. The van der Waals surface area contributed by atoms with Crippen LogP contribution in [0.1, 0.15) is 105 Å². The fourth-order valence-electron chi connectivity index (χ4n) is 14.0. The molecule has 15 rings (SSSR count). The maximum Gasteiger partial charge on any atom is 0.264 e. The maximum absolute atomic E-state index is 2.69. The number of hydrogen-bond donors (Lipinski definition) is 0. The van der Waals surface area contributed by atoms with Crippen molar-refractivity contribution in [1.29, 1.82) is 0 Å². The van der Waals surface area contributed by atoms with Crippen molar-refractivity contribution < 1.29 is 0 Å². The van der Waals surface area contributed by atoms with Gasteiger partial charge in [0, 0.05) is 60.2 Å². The summed E-state index contributed by atoms with van der Waals surface area (Å²) >= 11 is 1.98. The van der Waals surface area contributed by atoms with Crippen molar-refractivity contribution >= 4 is 127 Å². The van der Waals surface area contributed by atoms with Crippen molar-refractivity contribution in [3.05, 3.63) is 253 Å². The number of para-hydroxylation sites is 1. The largest absolute Gasteiger partial charge is 0.311 e. The van der Waals surface area contributed by atoms with Crippen LogP contribution in [-0.4, -0.2) is 6.71 Å². The van der Waals surface area contributed by atoms with E-state index < -0.39 is 0 Å². The predicted molar refractivity (Wildman–Crippen MR) is 380 cm³/mol. The smallest absolute Gasteiger partial charge is 0.264 e. The monoisotopic (exact) mass is 1140 g/mol. The first-order valence-corrected chi connectivity index (χ1v) is 31.9. The molecule has 0 aliphatic carbocycles. The number of anilines is 9. The van der Waals surface area contributed by atoms with Crippen LogP contribution in [0, 0.1) is 0 Å². The molecule has 426 valence electrons. The van der Waals surface area contributed by atoms with E-state index in [-0.39, 0.29) is 28.4 Å². The second-order valence-corrected chi connectivity index (χ2v) is 29.8. The van der Waals surface area contributed by atoms with E-state index in [0.717, 1.165) is 22.7 Å². The average Bonchev–Trinajstić information content (AvgIpc) is 1.69. The summed E-state index contributed by atoms with van der Waals surface area (Å²) in [5.74, 6) is 0. The molecule has 3 nitrogen and oxygen atoms in total. The highest BCUT2D eigenvalue weighted by Gasteiger charge is 2.47. The van der Waals surface area contributed by atoms with E-state index in [1.807, 2.05) is 11.3 Å². The number of benzene rings is 12. The Balaban J connectivity index is 1.06. The van der Waals surface area contributed by atoms with Crippen LogP contribution in [0.4, 0.5) is 51.2 Å². The molecule has 87 heavy (non-hydrogen) atoms. The molecular weight excluding hydrogens is 1070 g/mol. The Kier molecular flexibility index (Phi) is 12.5. The molecule has 0 unspecified atom stereocenters. The van der Waals surface area contributed by atoms with Gasteiger partial charge < -0.3 is 14.7 Å². The molecule has 3 heterocycles. The lowest BCUT2D eigenvalue weighted by Gasteiger charge is -2.45. The summed E-state index contributed by atoms with van der Waals surface area (Å²) in [6.45, 7) is 28.1. The molecule has 0 saturated carbocycles. The zero-order valence-corrected chi connectivity index (χ0v) is 53.1. The molecule has 0 bridgehead atoms. The third-order valence-electron chi connectivity index (χ3n) is 18.7. The quantitative estimate of drug-likeness (QED) is 0.116. The fourth-order valence-corrected chi connectivity index (χ4v) is 15.3. The molecule has 0 fully saturated rings. The Hall–Kier alpha value is -8.90. The second-order valence-electron chi connectivity index (χ2n) is 28.7. The van der Waals surface area contributed by atoms with Crippen LogP contribution in [0.3, 0.4) is 0 Å². The van der Waals surface area contributed by atoms with Crippen molar-refractivity contribution in [2.45, 2.75) is 105 Å². The van der Waals surface area contributed by atoms with Crippen molar-refractivity contribution in [1.82, 2.24) is 0 Å². The first kappa shape index (κ1) is 54.7. The van der Waals surface area contributed by atoms with Crippen molar-refractivity contribution in [3.63, 3.8) is 0 Å². The SMILES string of the molecule is CC(C)(C)c1ccc(N2c3cc(C(C)(C)C)cc4c3B(c3ccc(N(c5ccccc5)c5cccc(-c6ccccc6)c5)cc3N4c3ccc(C(C)(C)C)cc3-c3cc4ccc5cccc6ccc(c3)c4c56)c3sc4ccc(C(C)(C)C)cc4c32)cc1. The number of rotatable bonds is 7. The highest BCUT2D eigenvalue weighted by Crippen LogP contribution is 2.53. The minimum Gasteiger partial charge on any atom is -0.311 e. The van der Waals surface area contributed by atoms with E-state index in [9.17, 15) is 0 Å². The Labute approximate surface area is 518 Å². The van der Waals surface area contributed by atoms with Crippen LogP contribution in [0.15, 0.2) is 231 Å². The molecule has 0 N–H and O–H groups in total. The fraction of sp³-hybridized carbons (Fsp3) is 0.195. The van der Waals surface area contributed by atoms with Gasteiger partial charge in [-0.05, 0) is 201 Å². The van der Waals surface area contributed by atoms with Gasteiger partial charge in [0.1, 0.15) is 0 Å². The number of hydrogen-bond acceptors (Lipinski definition) is 4. The molecule has 2 aliphatic rings. The lowest BCUT2D eigenvalue weighted by atomic mass is 9.36. The molecule has 12 aromatic carbocycles. The van der Waals surface area contributed by atoms with E-state index >= 15 is 0 Å². The Morgan fingerprint density at radius 2 is 0.897 bits per heavy atom. The lowest BCUT2D eigenvalue weighted by molar-refractivity contribution is 0.590. The van der Waals surface area contributed by atoms with Gasteiger partial charge in [0.25, 0.3) is 6.71 Å². The minimum atomic E-state index is -0.214. The molecule has 1 aromatic heterocycles. The van der Waals surface area contributed by atoms with E-state index in [1.165, 1.54) is 131 Å². The van der Waals surface area contributed by atoms with Gasteiger partial charge in [-0.15, -0.1) is 11.3 Å². The maximum atomic E-state index is 2.69. The number of nitrogens with zero attached hydrogens (tertiary/aromatic N) is 3. The summed E-state index contributed by atoms with van der Waals surface area (Å²) in [7, 11) is 0. The zero-order valence-electron chi connectivity index (χ0n) is 52.3. The second kappa shape index (κ2) is 19.8. The zero-order chi connectivity index (χ0) is 60.1. The van der Waals surface area contributed by atoms with Crippen LogP contribution in [0.5, 0.6) is 0 Å². The molecule has 0 atom stereocenters. The van der Waals surface area contributed by atoms with E-state index in [2.05, 4.69) is 328 Å². The normalized spacial score (nSPS) is 13.4. The van der Waals surface area contributed by atoms with Crippen LogP contribution in [0.25, 0.3) is 64.7 Å². The molecule has 0 saturated heterocycles. The molecule has 2 aliphatic heterocycles. The van der Waals surface area contributed by atoms with Crippen molar-refractivity contribution in [2.24, 2.45) is 0 Å². The van der Waals surface area contributed by atoms with Gasteiger partial charge >= 0.3 is 0 Å². The van der Waals surface area contributed by atoms with Gasteiger partial charge in [-0.3, -0.25) is 0 Å². The van der Waals surface area contributed by atoms with Gasteiger partial charge in [0.05, 0.1) is 11.4 Å². The van der Waals surface area contributed by atoms with E-state index in [4.69, 9.17) is 0 Å². The van der Waals surface area contributed by atoms with Gasteiger partial charge in [-0.1, -0.05) is 217 Å². The molecule has 13 aromatic rings. The van der Waals surface area contributed by atoms with Crippen molar-refractivity contribution in [3.8, 4) is 22.3 Å². The number of thiophene rings is 1. The predicted octanol–water partition coefficient (Wildman–Crippen LogP) is 21.9. The van der Waals surface area contributed by atoms with Crippen LogP contribution in [0.2, 0.25) is 0 Å². The topological polar surface area (TPSA) is 9.72 Å². The Morgan fingerprint density at radius 1 is 0.356 bits per heavy atom. The molecule has 0 amide bonds. The summed E-state index contributed by atoms with van der Waals surface area (Å²) in [4.78, 5) is 7.81. The third kappa shape index (κ3) is 9.14. The first-order chi connectivity index (χ1) is 41.7. The third-order valence-corrected chi connectivity index (χ3v) is 20.0. The van der Waals surface area contributed by atoms with Crippen LogP contribution < -0.4 is 30.4 Å². The van der Waals surface area contributed by atoms with Crippen molar-refractivity contribution in [2.75, 3.05) is 14.7 Å². The minimum absolute atomic E-state index is 0.00141. The number of fused-ring (bicyclic) bond motifs is 6. The Morgan fingerprint density at radius 3 is 1.55 bits per heavy atom. The highest BCUT2D eigenvalue weighted by atomic mass is 32.1. The standard InChI is InChI=1S/C82H74BN3S/c1-79(2,3)58-33-37-63(38-34-58)85-71-48-61(82(10,11)12)49-72-76(71)83(78-77(85)67-47-60(81(7,8)9)36-42-73(67)87-78)68-40-39-65(84(62-26-17-14-18-27-62)64-28-20-25-54(45-64)51-21-15-13-16-22-51)50-70(68)86(72)69-41-35-59(80(4,5)6)46-66(69)57-43-55-31-29-52-23-19-24-53-30-32-56(44-57)75(55)74(52)53/h13-50H,1-12H3. The van der Waals surface area contributed by atoms with Crippen LogP contribution in [-0.2, 0) is 21.7 Å². The first-order valence-electron chi connectivity index (χ1n) is 31.1. The summed E-state index contributed by atoms with van der Waals surface area (Å²) in [5.41, 5.74) is 22.8. The summed E-state index contributed by atoms with van der Waals surface area (Å²) in [6.07, 6.45) is 0. The van der Waals surface area contributed by atoms with Crippen LogP contribution >= 0.6 is 11.3 Å². The van der Waals surface area contributed by atoms with Gasteiger partial charge in [0.15, 0.2) is 0 Å². The molecule has 5 heteroatoms. The summed E-state index contributed by atoms with van der Waals surface area (Å²) < 4.78 is 2.67. The van der Waals surface area contributed by atoms with Gasteiger partial charge in [-0.2, -0.15) is 0 Å². The Bertz CT molecular complexity index is 4790. The molecule has 0 radical (unpaired) electrons. The molecule has 0 spiro atoms. The summed E-state index contributed by atoms with van der Waals surface area (Å²) in [5, 5.41) is 9.03. The van der Waals surface area contributed by atoms with E-state index in [1.54, 1.807) is 0 Å². The van der Waals surface area contributed by atoms with Gasteiger partial charge in [-0.25, -0.2) is 0 Å². The van der Waals surface area contributed by atoms with E-state index in [0.29, 0.717) is 0 Å². The summed E-state index contributed by atoms with van der Waals surface area (Å²) in [6, 6.07) is 88.5. The lowest BCUT2D eigenvalue weighted by Crippen LogP contribution is -2.60. The van der Waals surface area contributed by atoms with Gasteiger partial charge in [0.2, 0.25) is 0 Å². The average molecular weight is 1140 g/mol.